The maximum absolute atomic E-state index is 11.8. The van der Waals surface area contributed by atoms with E-state index in [1.165, 1.54) is 12.8 Å². The van der Waals surface area contributed by atoms with Crippen LogP contribution in [-0.4, -0.2) is 35.0 Å². The van der Waals surface area contributed by atoms with Crippen molar-refractivity contribution >= 4 is 22.8 Å². The second-order valence-corrected chi connectivity index (χ2v) is 6.11. The van der Waals surface area contributed by atoms with Crippen LogP contribution in [0, 0.1) is 0 Å². The summed E-state index contributed by atoms with van der Waals surface area (Å²) in [6, 6.07) is 0.250. The third-order valence-electron chi connectivity index (χ3n) is 2.98. The quantitative estimate of drug-likeness (QED) is 0.783. The lowest BCUT2D eigenvalue weighted by Crippen LogP contribution is -2.44. The van der Waals surface area contributed by atoms with Gasteiger partial charge in [0.15, 0.2) is 5.17 Å². The van der Waals surface area contributed by atoms with Crippen molar-refractivity contribution in [1.82, 2.24) is 10.6 Å². The molecule has 0 aromatic rings. The molecule has 2 aliphatic rings. The van der Waals surface area contributed by atoms with E-state index < -0.39 is 0 Å². The van der Waals surface area contributed by atoms with E-state index in [1.54, 1.807) is 11.8 Å². The lowest BCUT2D eigenvalue weighted by Gasteiger charge is -2.14. The average Bonchev–Trinajstić information content (AvgIpc) is 3.00. The standard InChI is InChI=1S/C12H21N3OS/c1-3-4-10-7-13-12(17-10)14-8(2)11(16)15-9-5-6-9/h8-10H,3-7H2,1-2H3,(H,13,14)(H,15,16). The smallest absolute Gasteiger partial charge is 0.242 e. The third kappa shape index (κ3) is 3.91. The third-order valence-corrected chi connectivity index (χ3v) is 4.17. The Morgan fingerprint density at radius 3 is 3.00 bits per heavy atom. The fraction of sp³-hybridized carbons (Fsp3) is 0.833. The molecular formula is C12H21N3OS. The molecular weight excluding hydrogens is 234 g/mol. The monoisotopic (exact) mass is 255 g/mol. The molecule has 1 saturated carbocycles. The van der Waals surface area contributed by atoms with Gasteiger partial charge < -0.3 is 10.6 Å². The van der Waals surface area contributed by atoms with Crippen LogP contribution in [0.15, 0.2) is 4.99 Å². The Kier molecular flexibility index (Phi) is 4.31. The van der Waals surface area contributed by atoms with Crippen LogP contribution in [0.5, 0.6) is 0 Å². The number of carbonyl (C=O) groups excluding carboxylic acids is 1. The number of hydrogen-bond donors (Lipinski definition) is 2. The van der Waals surface area contributed by atoms with Crippen LogP contribution in [0.25, 0.3) is 0 Å². The van der Waals surface area contributed by atoms with Crippen LogP contribution in [0.1, 0.15) is 39.5 Å². The second kappa shape index (κ2) is 5.76. The summed E-state index contributed by atoms with van der Waals surface area (Å²) in [5.74, 6) is 0.0924. The molecule has 2 atom stereocenters. The number of amides is 1. The fourth-order valence-electron chi connectivity index (χ4n) is 1.77. The maximum Gasteiger partial charge on any atom is 0.242 e. The van der Waals surface area contributed by atoms with Crippen molar-refractivity contribution in [1.29, 1.82) is 0 Å². The van der Waals surface area contributed by atoms with Crippen LogP contribution in [0.2, 0.25) is 0 Å². The largest absolute Gasteiger partial charge is 0.353 e. The minimum absolute atomic E-state index is 0.0924. The van der Waals surface area contributed by atoms with Crippen molar-refractivity contribution in [3.05, 3.63) is 0 Å². The zero-order valence-corrected chi connectivity index (χ0v) is 11.3. The Labute approximate surface area is 107 Å². The van der Waals surface area contributed by atoms with Crippen LogP contribution in [0.4, 0.5) is 0 Å². The van der Waals surface area contributed by atoms with Gasteiger partial charge in [-0.2, -0.15) is 0 Å². The molecule has 2 N–H and O–H groups in total. The minimum atomic E-state index is -0.178. The van der Waals surface area contributed by atoms with Gasteiger partial charge in [-0.3, -0.25) is 9.79 Å². The Morgan fingerprint density at radius 2 is 2.35 bits per heavy atom. The van der Waals surface area contributed by atoms with Crippen LogP contribution in [0.3, 0.4) is 0 Å². The van der Waals surface area contributed by atoms with Gasteiger partial charge in [0.1, 0.15) is 6.04 Å². The molecule has 1 aliphatic carbocycles. The fourth-order valence-corrected chi connectivity index (χ4v) is 2.99. The first-order valence-corrected chi connectivity index (χ1v) is 7.35. The average molecular weight is 255 g/mol. The van der Waals surface area contributed by atoms with E-state index in [-0.39, 0.29) is 11.9 Å². The molecule has 1 fully saturated rings. The lowest BCUT2D eigenvalue weighted by molar-refractivity contribution is -0.122. The number of nitrogens with one attached hydrogen (secondary N) is 2. The van der Waals surface area contributed by atoms with Crippen molar-refractivity contribution in [3.63, 3.8) is 0 Å². The Bertz CT molecular complexity index is 315. The molecule has 0 aromatic heterocycles. The Balaban J connectivity index is 1.71. The summed E-state index contributed by atoms with van der Waals surface area (Å²) in [6.45, 7) is 4.98. The zero-order valence-electron chi connectivity index (χ0n) is 10.5. The number of carbonyl (C=O) groups is 1. The van der Waals surface area contributed by atoms with E-state index in [4.69, 9.17) is 0 Å². The first kappa shape index (κ1) is 12.7. The molecule has 17 heavy (non-hydrogen) atoms. The highest BCUT2D eigenvalue weighted by Crippen LogP contribution is 2.24. The van der Waals surface area contributed by atoms with Crippen LogP contribution >= 0.6 is 11.8 Å². The summed E-state index contributed by atoms with van der Waals surface area (Å²) in [6.07, 6.45) is 4.65. The summed E-state index contributed by atoms with van der Waals surface area (Å²) < 4.78 is 0. The molecule has 5 heteroatoms. The predicted molar refractivity (Wildman–Crippen MR) is 72.4 cm³/mol. The van der Waals surface area contributed by atoms with E-state index >= 15 is 0 Å². The Morgan fingerprint density at radius 1 is 1.59 bits per heavy atom. The molecule has 2 unspecified atom stereocenters. The van der Waals surface area contributed by atoms with E-state index in [0.717, 1.165) is 24.6 Å². The zero-order chi connectivity index (χ0) is 12.3. The molecule has 0 aromatic carbocycles. The molecule has 1 amide bonds. The van der Waals surface area contributed by atoms with E-state index in [2.05, 4.69) is 22.5 Å². The van der Waals surface area contributed by atoms with Gasteiger partial charge in [-0.1, -0.05) is 25.1 Å². The summed E-state index contributed by atoms with van der Waals surface area (Å²) in [5, 5.41) is 7.73. The molecule has 1 heterocycles. The van der Waals surface area contributed by atoms with E-state index in [1.807, 2.05) is 6.92 Å². The van der Waals surface area contributed by atoms with Gasteiger partial charge in [0, 0.05) is 11.3 Å². The number of aliphatic imine (C=N–C) groups is 1. The van der Waals surface area contributed by atoms with Crippen LogP contribution < -0.4 is 10.6 Å². The molecule has 2 rings (SSSR count). The molecule has 4 nitrogen and oxygen atoms in total. The van der Waals surface area contributed by atoms with Crippen molar-refractivity contribution in [3.8, 4) is 0 Å². The van der Waals surface area contributed by atoms with Crippen molar-refractivity contribution in [2.75, 3.05) is 6.54 Å². The van der Waals surface area contributed by atoms with Gasteiger partial charge in [-0.25, -0.2) is 0 Å². The molecule has 96 valence electrons. The predicted octanol–water partition coefficient (Wildman–Crippen LogP) is 1.51. The maximum atomic E-state index is 11.8. The van der Waals surface area contributed by atoms with Crippen molar-refractivity contribution in [2.45, 2.75) is 56.9 Å². The number of hydrogen-bond acceptors (Lipinski definition) is 4. The van der Waals surface area contributed by atoms with Gasteiger partial charge in [0.25, 0.3) is 0 Å². The van der Waals surface area contributed by atoms with Crippen LogP contribution in [-0.2, 0) is 4.79 Å². The molecule has 0 saturated heterocycles. The number of rotatable bonds is 5. The molecule has 0 spiro atoms. The lowest BCUT2D eigenvalue weighted by atomic mass is 10.2. The van der Waals surface area contributed by atoms with Gasteiger partial charge in [0.2, 0.25) is 5.91 Å². The van der Waals surface area contributed by atoms with Crippen molar-refractivity contribution in [2.24, 2.45) is 4.99 Å². The minimum Gasteiger partial charge on any atom is -0.353 e. The van der Waals surface area contributed by atoms with Crippen molar-refractivity contribution < 1.29 is 4.79 Å². The summed E-state index contributed by atoms with van der Waals surface area (Å²) in [4.78, 5) is 16.2. The number of amidine groups is 1. The first-order valence-electron chi connectivity index (χ1n) is 6.47. The second-order valence-electron chi connectivity index (χ2n) is 4.82. The van der Waals surface area contributed by atoms with E-state index in [9.17, 15) is 4.79 Å². The number of thioether (sulfide) groups is 1. The first-order chi connectivity index (χ1) is 8.19. The van der Waals surface area contributed by atoms with Gasteiger partial charge in [-0.05, 0) is 26.2 Å². The summed E-state index contributed by atoms with van der Waals surface area (Å²) in [7, 11) is 0. The Hall–Kier alpha value is -0.710. The summed E-state index contributed by atoms with van der Waals surface area (Å²) in [5.41, 5.74) is 0. The van der Waals surface area contributed by atoms with Gasteiger partial charge in [0.05, 0.1) is 6.54 Å². The summed E-state index contributed by atoms with van der Waals surface area (Å²) >= 11 is 1.77. The number of nitrogens with zero attached hydrogens (tertiary/aromatic N) is 1. The molecule has 1 aliphatic heterocycles. The highest BCUT2D eigenvalue weighted by molar-refractivity contribution is 8.14. The topological polar surface area (TPSA) is 53.5 Å². The highest BCUT2D eigenvalue weighted by Gasteiger charge is 2.27. The normalized spacial score (nSPS) is 25.3. The molecule has 0 bridgehead atoms. The van der Waals surface area contributed by atoms with E-state index in [0.29, 0.717) is 11.3 Å². The van der Waals surface area contributed by atoms with Gasteiger partial charge in [-0.15, -0.1) is 0 Å². The van der Waals surface area contributed by atoms with Gasteiger partial charge >= 0.3 is 0 Å². The SMILES string of the molecule is CCCC1CN=C(NC(C)C(=O)NC2CC2)S1. The highest BCUT2D eigenvalue weighted by atomic mass is 32.2. The molecule has 0 radical (unpaired) electrons.